The molecule has 16 heavy (non-hydrogen) atoms. The lowest BCUT2D eigenvalue weighted by Crippen LogP contribution is -2.09. The summed E-state index contributed by atoms with van der Waals surface area (Å²) in [5, 5.41) is 10.4. The van der Waals surface area contributed by atoms with Gasteiger partial charge in [-0.25, -0.2) is 0 Å². The van der Waals surface area contributed by atoms with Gasteiger partial charge in [0, 0.05) is 24.8 Å². The molecule has 0 heterocycles. The summed E-state index contributed by atoms with van der Waals surface area (Å²) in [6.07, 6.45) is 2.55. The monoisotopic (exact) mass is 220 g/mol. The predicted octanol–water partition coefficient (Wildman–Crippen LogP) is 3.01. The minimum Gasteiger partial charge on any atom is -0.291 e. The van der Waals surface area contributed by atoms with Gasteiger partial charge in [-0.15, -0.1) is 0 Å². The Morgan fingerprint density at radius 2 is 1.88 bits per heavy atom. The normalized spacial score (nSPS) is 11.9. The highest BCUT2D eigenvalue weighted by Gasteiger charge is 2.05. The molecule has 0 aromatic heterocycles. The fourth-order valence-electron chi connectivity index (χ4n) is 1.18. The quantitative estimate of drug-likeness (QED) is 0.446. The Morgan fingerprint density at radius 3 is 2.31 bits per heavy atom. The summed E-state index contributed by atoms with van der Waals surface area (Å²) in [5.74, 6) is 0. The summed E-state index contributed by atoms with van der Waals surface area (Å²) in [4.78, 5) is 14.4. The zero-order chi connectivity index (χ0) is 12.2. The second kappa shape index (κ2) is 4.88. The molecule has 0 N–H and O–H groups in total. The molecule has 0 unspecified atom stereocenters. The van der Waals surface area contributed by atoms with Gasteiger partial charge in [0.2, 0.25) is 0 Å². The first-order valence-corrected chi connectivity index (χ1v) is 5.15. The van der Waals surface area contributed by atoms with Crippen LogP contribution in [0.25, 0.3) is 0 Å². The summed E-state index contributed by atoms with van der Waals surface area (Å²) in [5.41, 5.74) is 1.08. The van der Waals surface area contributed by atoms with E-state index in [1.54, 1.807) is 12.1 Å². The van der Waals surface area contributed by atoms with Gasteiger partial charge in [-0.3, -0.25) is 15.1 Å². The van der Waals surface area contributed by atoms with Crippen LogP contribution in [0.3, 0.4) is 0 Å². The van der Waals surface area contributed by atoms with Crippen LogP contribution >= 0.6 is 0 Å². The lowest BCUT2D eigenvalue weighted by Gasteiger charge is -2.10. The molecule has 1 aromatic carbocycles. The molecule has 1 aromatic rings. The molecule has 0 amide bonds. The van der Waals surface area contributed by atoms with Gasteiger partial charge < -0.3 is 0 Å². The maximum Gasteiger partial charge on any atom is 0.269 e. The van der Waals surface area contributed by atoms with E-state index in [1.807, 2.05) is 27.0 Å². The van der Waals surface area contributed by atoms with E-state index >= 15 is 0 Å². The third kappa shape index (κ3) is 4.21. The number of non-ortho nitro benzene ring substituents is 1. The van der Waals surface area contributed by atoms with Crippen LogP contribution in [0.1, 0.15) is 26.3 Å². The van der Waals surface area contributed by atoms with Gasteiger partial charge in [-0.1, -0.05) is 12.1 Å². The Morgan fingerprint density at radius 1 is 1.31 bits per heavy atom. The molecule has 0 radical (unpaired) electrons. The third-order valence-electron chi connectivity index (χ3n) is 1.95. The van der Waals surface area contributed by atoms with Crippen LogP contribution in [-0.4, -0.2) is 16.7 Å². The van der Waals surface area contributed by atoms with E-state index in [9.17, 15) is 10.1 Å². The van der Waals surface area contributed by atoms with Crippen LogP contribution in [0.5, 0.6) is 0 Å². The van der Waals surface area contributed by atoms with Crippen molar-refractivity contribution in [3.8, 4) is 0 Å². The van der Waals surface area contributed by atoms with Crippen molar-refractivity contribution in [3.63, 3.8) is 0 Å². The van der Waals surface area contributed by atoms with E-state index < -0.39 is 4.92 Å². The van der Waals surface area contributed by atoms with E-state index in [0.717, 1.165) is 5.56 Å². The second-order valence-corrected chi connectivity index (χ2v) is 4.61. The van der Waals surface area contributed by atoms with Crippen molar-refractivity contribution in [1.29, 1.82) is 0 Å². The van der Waals surface area contributed by atoms with Gasteiger partial charge >= 0.3 is 0 Å². The third-order valence-corrected chi connectivity index (χ3v) is 1.95. The first-order chi connectivity index (χ1) is 7.38. The number of benzene rings is 1. The lowest BCUT2D eigenvalue weighted by molar-refractivity contribution is -0.384. The molecule has 0 spiro atoms. The van der Waals surface area contributed by atoms with E-state index in [2.05, 4.69) is 4.99 Å². The fourth-order valence-corrected chi connectivity index (χ4v) is 1.18. The van der Waals surface area contributed by atoms with Crippen LogP contribution in [0, 0.1) is 10.1 Å². The van der Waals surface area contributed by atoms with Crippen molar-refractivity contribution in [2.75, 3.05) is 0 Å². The Bertz CT molecular complexity index is 388. The minimum absolute atomic E-state index is 0.0687. The van der Waals surface area contributed by atoms with Crippen LogP contribution in [0.2, 0.25) is 0 Å². The van der Waals surface area contributed by atoms with Crippen molar-refractivity contribution in [3.05, 3.63) is 39.9 Å². The highest BCUT2D eigenvalue weighted by atomic mass is 16.6. The fraction of sp³-hybridized carbons (Fsp3) is 0.417. The maximum atomic E-state index is 10.4. The molecule has 0 atom stereocenters. The Hall–Kier alpha value is -1.71. The standard InChI is InChI=1S/C12H16N2O2/c1-12(2,3)13-9-8-10-4-6-11(7-5-10)14(15)16/h4-7,9H,8H2,1-3H3. The summed E-state index contributed by atoms with van der Waals surface area (Å²) in [6.45, 7) is 6.08. The Kier molecular flexibility index (Phi) is 3.77. The second-order valence-electron chi connectivity index (χ2n) is 4.61. The predicted molar refractivity (Wildman–Crippen MR) is 65.0 cm³/mol. The number of rotatable bonds is 3. The van der Waals surface area contributed by atoms with Crippen LogP contribution in [0.4, 0.5) is 5.69 Å². The van der Waals surface area contributed by atoms with Gasteiger partial charge in [-0.05, 0) is 26.3 Å². The Labute approximate surface area is 95.2 Å². The molecule has 86 valence electrons. The number of hydrogen-bond donors (Lipinski definition) is 0. The first-order valence-electron chi connectivity index (χ1n) is 5.15. The van der Waals surface area contributed by atoms with Gasteiger partial charge in [0.1, 0.15) is 0 Å². The number of aliphatic imine (C=N–C) groups is 1. The SMILES string of the molecule is CC(C)(C)N=CCc1ccc([N+](=O)[O-])cc1. The van der Waals surface area contributed by atoms with Gasteiger partial charge in [0.25, 0.3) is 5.69 Å². The minimum atomic E-state index is -0.396. The van der Waals surface area contributed by atoms with Crippen molar-refractivity contribution in [2.24, 2.45) is 4.99 Å². The zero-order valence-corrected chi connectivity index (χ0v) is 9.80. The molecule has 0 aliphatic rings. The Balaban J connectivity index is 2.63. The molecule has 0 bridgehead atoms. The number of nitrogens with zero attached hydrogens (tertiary/aromatic N) is 2. The van der Waals surface area contributed by atoms with Crippen LogP contribution in [-0.2, 0) is 6.42 Å². The van der Waals surface area contributed by atoms with Crippen molar-refractivity contribution in [2.45, 2.75) is 32.7 Å². The van der Waals surface area contributed by atoms with Crippen LogP contribution < -0.4 is 0 Å². The molecule has 4 heteroatoms. The van der Waals surface area contributed by atoms with Crippen molar-refractivity contribution >= 4 is 11.9 Å². The van der Waals surface area contributed by atoms with Crippen molar-refractivity contribution < 1.29 is 4.92 Å². The number of nitro benzene ring substituents is 1. The highest BCUT2D eigenvalue weighted by Crippen LogP contribution is 2.12. The van der Waals surface area contributed by atoms with Gasteiger partial charge in [0.15, 0.2) is 0 Å². The largest absolute Gasteiger partial charge is 0.291 e. The topological polar surface area (TPSA) is 55.5 Å². The van der Waals surface area contributed by atoms with E-state index in [0.29, 0.717) is 6.42 Å². The first kappa shape index (κ1) is 12.4. The number of hydrogen-bond acceptors (Lipinski definition) is 3. The maximum absolute atomic E-state index is 10.4. The van der Waals surface area contributed by atoms with E-state index in [1.165, 1.54) is 12.1 Å². The molecular weight excluding hydrogens is 204 g/mol. The van der Waals surface area contributed by atoms with E-state index in [-0.39, 0.29) is 11.2 Å². The summed E-state index contributed by atoms with van der Waals surface area (Å²) < 4.78 is 0. The zero-order valence-electron chi connectivity index (χ0n) is 9.80. The van der Waals surface area contributed by atoms with Crippen LogP contribution in [0.15, 0.2) is 29.3 Å². The summed E-state index contributed by atoms with van der Waals surface area (Å²) >= 11 is 0. The summed E-state index contributed by atoms with van der Waals surface area (Å²) in [7, 11) is 0. The molecule has 1 rings (SSSR count). The molecule has 0 saturated heterocycles. The lowest BCUT2D eigenvalue weighted by atomic mass is 10.1. The smallest absolute Gasteiger partial charge is 0.269 e. The molecule has 0 aliphatic heterocycles. The molecular formula is C12H16N2O2. The number of nitro groups is 1. The molecule has 0 saturated carbocycles. The van der Waals surface area contributed by atoms with Gasteiger partial charge in [-0.2, -0.15) is 0 Å². The molecule has 4 nitrogen and oxygen atoms in total. The van der Waals surface area contributed by atoms with E-state index in [4.69, 9.17) is 0 Å². The average molecular weight is 220 g/mol. The summed E-state index contributed by atoms with van der Waals surface area (Å²) in [6, 6.07) is 6.54. The highest BCUT2D eigenvalue weighted by molar-refractivity contribution is 5.62. The molecule has 0 fully saturated rings. The molecule has 0 aliphatic carbocycles. The average Bonchev–Trinajstić information content (AvgIpc) is 2.16. The van der Waals surface area contributed by atoms with Crippen molar-refractivity contribution in [1.82, 2.24) is 0 Å². The van der Waals surface area contributed by atoms with Gasteiger partial charge in [0.05, 0.1) is 10.5 Å².